The predicted molar refractivity (Wildman–Crippen MR) is 119 cm³/mol. The molecule has 4 amide bonds. The zero-order valence-electron chi connectivity index (χ0n) is 18.6. The Hall–Kier alpha value is -3.68. The molecule has 8 heteroatoms. The molecular weight excluding hydrogens is 410 g/mol. The van der Waals surface area contributed by atoms with E-state index in [-0.39, 0.29) is 30.5 Å². The van der Waals surface area contributed by atoms with Crippen LogP contribution in [0.15, 0.2) is 42.5 Å². The zero-order valence-corrected chi connectivity index (χ0v) is 18.6. The summed E-state index contributed by atoms with van der Waals surface area (Å²) in [6, 6.07) is 11.8. The number of anilines is 1. The second-order valence-electron chi connectivity index (χ2n) is 8.07. The first-order valence-corrected chi connectivity index (χ1v) is 10.5. The average molecular weight is 437 g/mol. The lowest BCUT2D eigenvalue weighted by Gasteiger charge is -2.19. The first-order chi connectivity index (χ1) is 15.2. The number of imide groups is 1. The molecular formula is C24H27N3O5. The van der Waals surface area contributed by atoms with Gasteiger partial charge in [-0.25, -0.2) is 9.59 Å². The number of benzene rings is 2. The van der Waals surface area contributed by atoms with Gasteiger partial charge < -0.3 is 15.4 Å². The van der Waals surface area contributed by atoms with Crippen LogP contribution in [-0.4, -0.2) is 41.4 Å². The van der Waals surface area contributed by atoms with E-state index in [1.165, 1.54) is 6.92 Å². The topological polar surface area (TPSA) is 105 Å². The summed E-state index contributed by atoms with van der Waals surface area (Å²) in [7, 11) is 0. The summed E-state index contributed by atoms with van der Waals surface area (Å²) >= 11 is 0. The van der Waals surface area contributed by atoms with Crippen LogP contribution < -0.4 is 10.6 Å². The summed E-state index contributed by atoms with van der Waals surface area (Å²) in [5.74, 6) is -1.20. The highest BCUT2D eigenvalue weighted by atomic mass is 16.5. The Kier molecular flexibility index (Phi) is 6.92. The summed E-state index contributed by atoms with van der Waals surface area (Å²) in [4.78, 5) is 49.9. The number of rotatable bonds is 7. The van der Waals surface area contributed by atoms with E-state index in [0.717, 1.165) is 21.7 Å². The number of hydrogen-bond donors (Lipinski definition) is 2. The molecule has 1 unspecified atom stereocenters. The Morgan fingerprint density at radius 2 is 1.84 bits per heavy atom. The quantitative estimate of drug-likeness (QED) is 0.511. The van der Waals surface area contributed by atoms with Crippen LogP contribution in [0.1, 0.15) is 53.7 Å². The minimum atomic E-state index is -1.02. The zero-order chi connectivity index (χ0) is 23.4. The van der Waals surface area contributed by atoms with Crippen LogP contribution >= 0.6 is 0 Å². The van der Waals surface area contributed by atoms with Crippen molar-refractivity contribution in [2.75, 3.05) is 11.9 Å². The third-order valence-electron chi connectivity index (χ3n) is 5.27. The summed E-state index contributed by atoms with van der Waals surface area (Å²) in [6.45, 7) is 7.52. The lowest BCUT2D eigenvalue weighted by atomic mass is 9.98. The second-order valence-corrected chi connectivity index (χ2v) is 8.07. The lowest BCUT2D eigenvalue weighted by molar-refractivity contribution is -0.125. The van der Waals surface area contributed by atoms with Crippen molar-refractivity contribution < 1.29 is 23.9 Å². The van der Waals surface area contributed by atoms with Gasteiger partial charge in [0.2, 0.25) is 5.91 Å². The average Bonchev–Trinajstić information content (AvgIpc) is 3.07. The number of carbonyl (C=O) groups is 4. The molecule has 0 saturated carbocycles. The number of nitrogens with one attached hydrogen (secondary N) is 2. The Labute approximate surface area is 186 Å². The van der Waals surface area contributed by atoms with Crippen molar-refractivity contribution in [3.05, 3.63) is 64.7 Å². The molecule has 2 N–H and O–H groups in total. The smallest absolute Gasteiger partial charge is 0.338 e. The fourth-order valence-corrected chi connectivity index (χ4v) is 3.44. The molecule has 32 heavy (non-hydrogen) atoms. The third kappa shape index (κ3) is 5.14. The number of para-hydroxylation sites is 1. The van der Waals surface area contributed by atoms with Gasteiger partial charge in [-0.05, 0) is 48.6 Å². The van der Waals surface area contributed by atoms with E-state index < -0.39 is 24.0 Å². The van der Waals surface area contributed by atoms with Crippen LogP contribution in [0.4, 0.5) is 10.5 Å². The fourth-order valence-electron chi connectivity index (χ4n) is 3.44. The van der Waals surface area contributed by atoms with Crippen LogP contribution in [0.25, 0.3) is 0 Å². The first kappa shape index (κ1) is 23.0. The molecule has 1 aliphatic heterocycles. The number of aryl methyl sites for hydroxylation is 1. The molecule has 2 aromatic carbocycles. The summed E-state index contributed by atoms with van der Waals surface area (Å²) < 4.78 is 5.37. The fraction of sp³-hybridized carbons (Fsp3) is 0.333. The third-order valence-corrected chi connectivity index (χ3v) is 5.27. The Balaban J connectivity index is 1.66. The molecule has 1 atom stereocenters. The van der Waals surface area contributed by atoms with E-state index >= 15 is 0 Å². The number of amides is 4. The standard InChI is InChI=1S/C24H27N3O5/c1-14(2)19-10-5-7-15(3)21(19)26-22(29)16(4)32-23(30)18-9-6-8-17(11-18)13-27-20(28)12-25-24(27)31/h5-11,14,16H,12-13H2,1-4H3,(H,25,31)(H,26,29). The molecule has 0 radical (unpaired) electrons. The highest BCUT2D eigenvalue weighted by molar-refractivity contribution is 6.02. The van der Waals surface area contributed by atoms with E-state index in [1.807, 2.05) is 39.0 Å². The SMILES string of the molecule is Cc1cccc(C(C)C)c1NC(=O)C(C)OC(=O)c1cccc(CN2C(=O)CNC2=O)c1. The molecule has 1 aliphatic rings. The van der Waals surface area contributed by atoms with Crippen LogP contribution in [0.5, 0.6) is 0 Å². The van der Waals surface area contributed by atoms with Crippen molar-refractivity contribution in [3.63, 3.8) is 0 Å². The van der Waals surface area contributed by atoms with Crippen LogP contribution in [0, 0.1) is 6.92 Å². The van der Waals surface area contributed by atoms with Gasteiger partial charge in [-0.3, -0.25) is 14.5 Å². The largest absolute Gasteiger partial charge is 0.449 e. The number of carbonyl (C=O) groups excluding carboxylic acids is 4. The molecule has 3 rings (SSSR count). The van der Waals surface area contributed by atoms with E-state index in [1.54, 1.807) is 24.3 Å². The predicted octanol–water partition coefficient (Wildman–Crippen LogP) is 3.35. The van der Waals surface area contributed by atoms with Gasteiger partial charge in [0.25, 0.3) is 5.91 Å². The second kappa shape index (κ2) is 9.64. The first-order valence-electron chi connectivity index (χ1n) is 10.5. The summed E-state index contributed by atoms with van der Waals surface area (Å²) in [5, 5.41) is 5.33. The maximum Gasteiger partial charge on any atom is 0.338 e. The highest BCUT2D eigenvalue weighted by Crippen LogP contribution is 2.27. The molecule has 168 valence electrons. The minimum absolute atomic E-state index is 0.0351. The maximum absolute atomic E-state index is 12.7. The molecule has 0 aliphatic carbocycles. The molecule has 1 heterocycles. The maximum atomic E-state index is 12.7. The van der Waals surface area contributed by atoms with Crippen LogP contribution in [-0.2, 0) is 20.9 Å². The number of esters is 1. The number of urea groups is 1. The van der Waals surface area contributed by atoms with Gasteiger partial charge in [0.05, 0.1) is 18.7 Å². The highest BCUT2D eigenvalue weighted by Gasteiger charge is 2.28. The van der Waals surface area contributed by atoms with Crippen molar-refractivity contribution in [1.29, 1.82) is 0 Å². The van der Waals surface area contributed by atoms with Gasteiger partial charge in [0, 0.05) is 5.69 Å². The molecule has 0 aromatic heterocycles. The molecule has 0 spiro atoms. The van der Waals surface area contributed by atoms with Crippen molar-refractivity contribution in [1.82, 2.24) is 10.2 Å². The van der Waals surface area contributed by atoms with Gasteiger partial charge in [-0.2, -0.15) is 0 Å². The Morgan fingerprint density at radius 3 is 2.50 bits per heavy atom. The number of hydrogen-bond acceptors (Lipinski definition) is 5. The molecule has 8 nitrogen and oxygen atoms in total. The van der Waals surface area contributed by atoms with Gasteiger partial charge in [-0.15, -0.1) is 0 Å². The van der Waals surface area contributed by atoms with Crippen molar-refractivity contribution in [3.8, 4) is 0 Å². The van der Waals surface area contributed by atoms with E-state index in [2.05, 4.69) is 10.6 Å². The minimum Gasteiger partial charge on any atom is -0.449 e. The summed E-state index contributed by atoms with van der Waals surface area (Å²) in [5.41, 5.74) is 3.49. The Bertz CT molecular complexity index is 1050. The lowest BCUT2D eigenvalue weighted by Crippen LogP contribution is -2.31. The summed E-state index contributed by atoms with van der Waals surface area (Å²) in [6.07, 6.45) is -1.02. The molecule has 1 saturated heterocycles. The van der Waals surface area contributed by atoms with E-state index in [0.29, 0.717) is 5.56 Å². The van der Waals surface area contributed by atoms with Crippen molar-refractivity contribution in [2.45, 2.75) is 46.3 Å². The number of ether oxygens (including phenoxy) is 1. The van der Waals surface area contributed by atoms with Gasteiger partial charge >= 0.3 is 12.0 Å². The monoisotopic (exact) mass is 437 g/mol. The van der Waals surface area contributed by atoms with Gasteiger partial charge in [0.15, 0.2) is 6.10 Å². The van der Waals surface area contributed by atoms with E-state index in [4.69, 9.17) is 4.74 Å². The van der Waals surface area contributed by atoms with Gasteiger partial charge in [0.1, 0.15) is 0 Å². The number of nitrogens with zero attached hydrogens (tertiary/aromatic N) is 1. The Morgan fingerprint density at radius 1 is 1.12 bits per heavy atom. The van der Waals surface area contributed by atoms with E-state index in [9.17, 15) is 19.2 Å². The molecule has 1 fully saturated rings. The van der Waals surface area contributed by atoms with Gasteiger partial charge in [-0.1, -0.05) is 44.2 Å². The normalized spacial score (nSPS) is 14.3. The van der Waals surface area contributed by atoms with Crippen molar-refractivity contribution in [2.24, 2.45) is 0 Å². The van der Waals surface area contributed by atoms with Crippen LogP contribution in [0.2, 0.25) is 0 Å². The van der Waals surface area contributed by atoms with Crippen molar-refractivity contribution >= 4 is 29.5 Å². The molecule has 2 aromatic rings. The van der Waals surface area contributed by atoms with Crippen LogP contribution in [0.3, 0.4) is 0 Å². The molecule has 0 bridgehead atoms.